The van der Waals surface area contributed by atoms with E-state index >= 15 is 0 Å². The monoisotopic (exact) mass is 305 g/mol. The van der Waals surface area contributed by atoms with Crippen LogP contribution in [-0.4, -0.2) is 42.0 Å². The highest BCUT2D eigenvalue weighted by atomic mass is 35.5. The lowest BCUT2D eigenvalue weighted by atomic mass is 10.1. The summed E-state index contributed by atoms with van der Waals surface area (Å²) in [6.45, 7) is 2.63. The fourth-order valence-electron chi connectivity index (χ4n) is 2.01. The Morgan fingerprint density at radius 3 is 2.95 bits per heavy atom. The van der Waals surface area contributed by atoms with E-state index in [0.717, 1.165) is 6.07 Å². The average Bonchev–Trinajstić information content (AvgIpc) is 2.38. The normalized spacial score (nSPS) is 23.5. The molecule has 2 unspecified atom stereocenters. The number of ether oxygens (including phenoxy) is 1. The third kappa shape index (κ3) is 3.19. The minimum atomic E-state index is -0.612. The van der Waals surface area contributed by atoms with Crippen molar-refractivity contribution < 1.29 is 13.9 Å². The molecule has 0 bridgehead atoms. The van der Waals surface area contributed by atoms with E-state index in [4.69, 9.17) is 27.9 Å². The van der Waals surface area contributed by atoms with E-state index in [-0.39, 0.29) is 28.6 Å². The van der Waals surface area contributed by atoms with Gasteiger partial charge in [-0.05, 0) is 25.1 Å². The molecule has 1 heterocycles. The van der Waals surface area contributed by atoms with Gasteiger partial charge in [-0.25, -0.2) is 4.39 Å². The van der Waals surface area contributed by atoms with Gasteiger partial charge in [0.05, 0.1) is 30.2 Å². The number of carbonyl (C=O) groups excluding carboxylic acids is 1. The molecule has 0 aliphatic carbocycles. The molecule has 0 saturated carbocycles. The molecule has 2 rings (SSSR count). The van der Waals surface area contributed by atoms with Gasteiger partial charge in [0.1, 0.15) is 5.82 Å². The van der Waals surface area contributed by atoms with Crippen molar-refractivity contribution in [3.63, 3.8) is 0 Å². The van der Waals surface area contributed by atoms with Crippen molar-refractivity contribution in [3.8, 4) is 0 Å². The second-order valence-electron chi connectivity index (χ2n) is 4.54. The number of benzene rings is 1. The molecule has 1 fully saturated rings. The molecule has 0 spiro atoms. The van der Waals surface area contributed by atoms with Gasteiger partial charge in [-0.1, -0.05) is 11.6 Å². The Morgan fingerprint density at radius 2 is 2.32 bits per heavy atom. The average molecular weight is 306 g/mol. The van der Waals surface area contributed by atoms with Gasteiger partial charge >= 0.3 is 0 Å². The molecule has 2 atom stereocenters. The Kier molecular flexibility index (Phi) is 4.66. The van der Waals surface area contributed by atoms with Crippen LogP contribution in [0.5, 0.6) is 0 Å². The van der Waals surface area contributed by atoms with E-state index in [1.165, 1.54) is 12.1 Å². The molecule has 1 aromatic carbocycles. The summed E-state index contributed by atoms with van der Waals surface area (Å²) in [5, 5.41) is 0.266. The summed E-state index contributed by atoms with van der Waals surface area (Å²) >= 11 is 11.4. The fraction of sp³-hybridized carbons (Fsp3) is 0.462. The largest absolute Gasteiger partial charge is 0.373 e. The first kappa shape index (κ1) is 14.6. The number of carbonyl (C=O) groups is 1. The standard InChI is InChI=1S/C13H14Cl2FNO2/c1-8-7-19-10(5-14)6-17(8)13(18)11-3-2-9(15)4-12(11)16/h2-4,8,10H,5-7H2,1H3. The van der Waals surface area contributed by atoms with Crippen molar-refractivity contribution in [3.05, 3.63) is 34.6 Å². The van der Waals surface area contributed by atoms with Gasteiger partial charge in [-0.3, -0.25) is 4.79 Å². The zero-order valence-electron chi connectivity index (χ0n) is 10.4. The quantitative estimate of drug-likeness (QED) is 0.786. The van der Waals surface area contributed by atoms with Crippen molar-refractivity contribution in [2.45, 2.75) is 19.1 Å². The molecule has 1 saturated heterocycles. The maximum Gasteiger partial charge on any atom is 0.257 e. The number of hydrogen-bond acceptors (Lipinski definition) is 2. The van der Waals surface area contributed by atoms with Gasteiger partial charge in [0.2, 0.25) is 0 Å². The molecule has 19 heavy (non-hydrogen) atoms. The number of nitrogens with zero attached hydrogens (tertiary/aromatic N) is 1. The number of hydrogen-bond donors (Lipinski definition) is 0. The van der Waals surface area contributed by atoms with Crippen LogP contribution in [0.2, 0.25) is 5.02 Å². The molecule has 3 nitrogen and oxygen atoms in total. The van der Waals surface area contributed by atoms with Gasteiger partial charge in [-0.15, -0.1) is 11.6 Å². The Hall–Kier alpha value is -0.840. The van der Waals surface area contributed by atoms with Crippen LogP contribution >= 0.6 is 23.2 Å². The lowest BCUT2D eigenvalue weighted by molar-refractivity contribution is -0.0373. The van der Waals surface area contributed by atoms with Crippen molar-refractivity contribution in [1.82, 2.24) is 4.90 Å². The Morgan fingerprint density at radius 1 is 1.58 bits per heavy atom. The number of alkyl halides is 1. The van der Waals surface area contributed by atoms with Crippen LogP contribution in [0.25, 0.3) is 0 Å². The SMILES string of the molecule is CC1COC(CCl)CN1C(=O)c1ccc(Cl)cc1F. The van der Waals surface area contributed by atoms with Crippen molar-refractivity contribution in [1.29, 1.82) is 0 Å². The van der Waals surface area contributed by atoms with Crippen LogP contribution in [0.3, 0.4) is 0 Å². The van der Waals surface area contributed by atoms with E-state index in [1.807, 2.05) is 6.92 Å². The highest BCUT2D eigenvalue weighted by molar-refractivity contribution is 6.30. The van der Waals surface area contributed by atoms with Crippen molar-refractivity contribution in [2.24, 2.45) is 0 Å². The summed E-state index contributed by atoms with van der Waals surface area (Å²) in [6, 6.07) is 3.93. The molecular weight excluding hydrogens is 292 g/mol. The van der Waals surface area contributed by atoms with E-state index in [2.05, 4.69) is 0 Å². The summed E-state index contributed by atoms with van der Waals surface area (Å²) in [5.74, 6) is -0.668. The second kappa shape index (κ2) is 6.07. The molecule has 6 heteroatoms. The summed E-state index contributed by atoms with van der Waals surface area (Å²) in [7, 11) is 0. The van der Waals surface area contributed by atoms with Gasteiger partial charge in [0.15, 0.2) is 0 Å². The van der Waals surface area contributed by atoms with Crippen LogP contribution in [0.15, 0.2) is 18.2 Å². The zero-order chi connectivity index (χ0) is 14.0. The molecule has 0 radical (unpaired) electrons. The summed E-state index contributed by atoms with van der Waals surface area (Å²) in [4.78, 5) is 13.9. The molecule has 1 amide bonds. The fourth-order valence-corrected chi connectivity index (χ4v) is 2.36. The predicted octanol–water partition coefficient (Wildman–Crippen LogP) is 2.95. The zero-order valence-corrected chi connectivity index (χ0v) is 11.9. The second-order valence-corrected chi connectivity index (χ2v) is 5.29. The Balaban J connectivity index is 2.22. The first-order valence-electron chi connectivity index (χ1n) is 5.96. The van der Waals surface area contributed by atoms with Crippen LogP contribution in [0.1, 0.15) is 17.3 Å². The predicted molar refractivity (Wildman–Crippen MR) is 72.4 cm³/mol. The van der Waals surface area contributed by atoms with E-state index in [9.17, 15) is 9.18 Å². The number of amides is 1. The third-order valence-corrected chi connectivity index (χ3v) is 3.68. The first-order chi connectivity index (χ1) is 9.02. The Labute approximate surface area is 121 Å². The van der Waals surface area contributed by atoms with Crippen LogP contribution in [0.4, 0.5) is 4.39 Å². The van der Waals surface area contributed by atoms with Crippen molar-refractivity contribution in [2.75, 3.05) is 19.0 Å². The maximum atomic E-state index is 13.8. The van der Waals surface area contributed by atoms with Gasteiger partial charge in [0.25, 0.3) is 5.91 Å². The van der Waals surface area contributed by atoms with E-state index in [0.29, 0.717) is 19.0 Å². The summed E-state index contributed by atoms with van der Waals surface area (Å²) in [5.41, 5.74) is 0.0199. The number of halogens is 3. The molecular formula is C13H14Cl2FNO2. The highest BCUT2D eigenvalue weighted by Gasteiger charge is 2.30. The minimum absolute atomic E-state index is 0.0199. The van der Waals surface area contributed by atoms with Gasteiger partial charge in [0, 0.05) is 11.6 Å². The van der Waals surface area contributed by atoms with Crippen LogP contribution < -0.4 is 0 Å². The molecule has 1 aliphatic heterocycles. The summed E-state index contributed by atoms with van der Waals surface area (Å²) in [6.07, 6.45) is -0.211. The lowest BCUT2D eigenvalue weighted by Crippen LogP contribution is -2.51. The molecule has 104 valence electrons. The maximum absolute atomic E-state index is 13.8. The first-order valence-corrected chi connectivity index (χ1v) is 6.87. The molecule has 0 N–H and O–H groups in total. The van der Waals surface area contributed by atoms with Gasteiger partial charge < -0.3 is 9.64 Å². The van der Waals surface area contributed by atoms with Crippen molar-refractivity contribution >= 4 is 29.1 Å². The van der Waals surface area contributed by atoms with Gasteiger partial charge in [-0.2, -0.15) is 0 Å². The molecule has 1 aromatic rings. The Bertz CT molecular complexity index is 484. The van der Waals surface area contributed by atoms with E-state index in [1.54, 1.807) is 4.90 Å². The molecule has 1 aliphatic rings. The van der Waals surface area contributed by atoms with Crippen LogP contribution in [-0.2, 0) is 4.74 Å². The molecule has 0 aromatic heterocycles. The smallest absolute Gasteiger partial charge is 0.257 e. The minimum Gasteiger partial charge on any atom is -0.373 e. The third-order valence-electron chi connectivity index (χ3n) is 3.10. The number of rotatable bonds is 2. The van der Waals surface area contributed by atoms with Crippen LogP contribution in [0, 0.1) is 5.82 Å². The summed E-state index contributed by atoms with van der Waals surface area (Å²) < 4.78 is 19.2. The highest BCUT2D eigenvalue weighted by Crippen LogP contribution is 2.20. The number of morpholine rings is 1. The topological polar surface area (TPSA) is 29.5 Å². The van der Waals surface area contributed by atoms with E-state index < -0.39 is 5.82 Å². The lowest BCUT2D eigenvalue weighted by Gasteiger charge is -2.37.